The summed E-state index contributed by atoms with van der Waals surface area (Å²) in [5, 5.41) is 0. The average Bonchev–Trinajstić information content (AvgIpc) is 2.50. The molecule has 158 valence electrons. The minimum absolute atomic E-state index is 0.0736. The molecule has 2 N–H and O–H groups in total. The number of hydrogen-bond donors (Lipinski definition) is 1. The zero-order valence-corrected chi connectivity index (χ0v) is 19.1. The Morgan fingerprint density at radius 1 is 1.04 bits per heavy atom. The Balaban J connectivity index is 0. The van der Waals surface area contributed by atoms with Crippen LogP contribution in [0.3, 0.4) is 0 Å². The van der Waals surface area contributed by atoms with Crippen molar-refractivity contribution in [3.63, 3.8) is 0 Å². The monoisotopic (exact) mass is 373 g/mol. The number of amides is 1. The van der Waals surface area contributed by atoms with E-state index in [1.165, 1.54) is 12.8 Å². The lowest BCUT2D eigenvalue weighted by molar-refractivity contribution is -0.118. The maximum Gasteiger partial charge on any atom is 0.217 e. The second kappa shape index (κ2) is 14.4. The summed E-state index contributed by atoms with van der Waals surface area (Å²) in [7, 11) is 0. The highest BCUT2D eigenvalue weighted by atomic mass is 16.5. The van der Waals surface area contributed by atoms with Gasteiger partial charge >= 0.3 is 0 Å². The molecule has 0 aliphatic rings. The van der Waals surface area contributed by atoms with Crippen molar-refractivity contribution in [2.24, 2.45) is 17.1 Å². The highest BCUT2D eigenvalue weighted by Crippen LogP contribution is 2.28. The molecule has 0 radical (unpaired) electrons. The summed E-state index contributed by atoms with van der Waals surface area (Å²) >= 11 is 0. The Morgan fingerprint density at radius 3 is 2.00 bits per heavy atom. The lowest BCUT2D eigenvalue weighted by atomic mass is 9.82. The first-order valence-electron chi connectivity index (χ1n) is 10.4. The first kappa shape index (κ1) is 27.6. The fourth-order valence-corrected chi connectivity index (χ4v) is 2.63. The third kappa shape index (κ3) is 19.7. The van der Waals surface area contributed by atoms with Crippen LogP contribution >= 0.6 is 0 Å². The molecule has 0 aromatic rings. The zero-order valence-electron chi connectivity index (χ0n) is 19.1. The normalized spacial score (nSPS) is 13.3. The van der Waals surface area contributed by atoms with Crippen LogP contribution in [-0.2, 0) is 14.3 Å². The summed E-state index contributed by atoms with van der Waals surface area (Å²) in [5.41, 5.74) is 5.50. The topological polar surface area (TPSA) is 61.6 Å². The van der Waals surface area contributed by atoms with Crippen molar-refractivity contribution >= 4 is 5.91 Å². The molecule has 0 aromatic heterocycles. The molecular weight excluding hydrogens is 326 g/mol. The van der Waals surface area contributed by atoms with Gasteiger partial charge in [0.2, 0.25) is 5.91 Å². The fourth-order valence-electron chi connectivity index (χ4n) is 2.63. The largest absolute Gasteiger partial charge is 0.378 e. The van der Waals surface area contributed by atoms with Gasteiger partial charge in [-0.3, -0.25) is 4.79 Å². The highest BCUT2D eigenvalue weighted by molar-refractivity contribution is 5.73. The van der Waals surface area contributed by atoms with E-state index in [0.29, 0.717) is 24.9 Å². The quantitative estimate of drug-likeness (QED) is 0.449. The van der Waals surface area contributed by atoms with Gasteiger partial charge in [-0.2, -0.15) is 0 Å². The SMILES string of the molecule is CCC(C)(C)CC(C)C.CCCOC(C)(C)CCOC(C)CCC(N)=O. The fraction of sp³-hybridized carbons (Fsp3) is 0.955. The summed E-state index contributed by atoms with van der Waals surface area (Å²) < 4.78 is 11.3. The molecule has 0 aromatic carbocycles. The smallest absolute Gasteiger partial charge is 0.217 e. The van der Waals surface area contributed by atoms with E-state index < -0.39 is 0 Å². The van der Waals surface area contributed by atoms with Crippen LogP contribution < -0.4 is 5.73 Å². The van der Waals surface area contributed by atoms with E-state index in [1.54, 1.807) is 0 Å². The number of rotatable bonds is 13. The van der Waals surface area contributed by atoms with E-state index >= 15 is 0 Å². The van der Waals surface area contributed by atoms with Crippen LogP contribution in [0.15, 0.2) is 0 Å². The molecule has 26 heavy (non-hydrogen) atoms. The van der Waals surface area contributed by atoms with E-state index in [4.69, 9.17) is 15.2 Å². The molecule has 1 unspecified atom stereocenters. The van der Waals surface area contributed by atoms with Crippen molar-refractivity contribution in [3.05, 3.63) is 0 Å². The van der Waals surface area contributed by atoms with Gasteiger partial charge in [-0.05, 0) is 57.8 Å². The number of hydrogen-bond acceptors (Lipinski definition) is 3. The summed E-state index contributed by atoms with van der Waals surface area (Å²) in [6.07, 6.45) is 5.68. The number of carbonyl (C=O) groups excluding carboxylic acids is 1. The van der Waals surface area contributed by atoms with Gasteiger partial charge < -0.3 is 15.2 Å². The molecule has 4 nitrogen and oxygen atoms in total. The van der Waals surface area contributed by atoms with E-state index in [9.17, 15) is 4.79 Å². The number of carbonyl (C=O) groups is 1. The van der Waals surface area contributed by atoms with Crippen LogP contribution in [0.2, 0.25) is 0 Å². The Bertz CT molecular complexity index is 351. The number of nitrogens with two attached hydrogens (primary N) is 1. The molecular formula is C22H47NO3. The maximum absolute atomic E-state index is 10.6. The van der Waals surface area contributed by atoms with Crippen LogP contribution in [0.25, 0.3) is 0 Å². The second-order valence-corrected chi connectivity index (χ2v) is 9.16. The van der Waals surface area contributed by atoms with Gasteiger partial charge in [-0.1, -0.05) is 48.0 Å². The second-order valence-electron chi connectivity index (χ2n) is 9.16. The molecule has 0 aliphatic carbocycles. The summed E-state index contributed by atoms with van der Waals surface area (Å²) in [4.78, 5) is 10.6. The average molecular weight is 374 g/mol. The highest BCUT2D eigenvalue weighted by Gasteiger charge is 2.18. The van der Waals surface area contributed by atoms with Crippen molar-refractivity contribution in [3.8, 4) is 0 Å². The standard InChI is InChI=1S/C13H27NO3.C9H20/c1-5-9-17-13(3,4)8-10-16-11(2)6-7-12(14)15;1-6-9(4,5)7-8(2)3/h11H,5-10H2,1-4H3,(H2,14,15);8H,6-7H2,1-5H3. The van der Waals surface area contributed by atoms with Gasteiger partial charge in [-0.25, -0.2) is 0 Å². The number of primary amides is 1. The van der Waals surface area contributed by atoms with Crippen molar-refractivity contribution in [1.82, 2.24) is 0 Å². The van der Waals surface area contributed by atoms with Crippen molar-refractivity contribution in [2.45, 2.75) is 113 Å². The Kier molecular flexibility index (Phi) is 15.3. The minimum Gasteiger partial charge on any atom is -0.378 e. The van der Waals surface area contributed by atoms with Crippen molar-refractivity contribution in [2.75, 3.05) is 13.2 Å². The molecule has 0 heterocycles. The van der Waals surface area contributed by atoms with Gasteiger partial charge in [0, 0.05) is 19.6 Å². The third-order valence-electron chi connectivity index (χ3n) is 4.52. The van der Waals surface area contributed by atoms with Gasteiger partial charge in [0.05, 0.1) is 11.7 Å². The Hall–Kier alpha value is -0.610. The van der Waals surface area contributed by atoms with Crippen LogP contribution in [0, 0.1) is 11.3 Å². The van der Waals surface area contributed by atoms with Gasteiger partial charge in [-0.15, -0.1) is 0 Å². The summed E-state index contributed by atoms with van der Waals surface area (Å²) in [6, 6.07) is 0. The third-order valence-corrected chi connectivity index (χ3v) is 4.52. The van der Waals surface area contributed by atoms with Crippen LogP contribution in [0.5, 0.6) is 0 Å². The molecule has 0 spiro atoms. The van der Waals surface area contributed by atoms with Crippen molar-refractivity contribution < 1.29 is 14.3 Å². The van der Waals surface area contributed by atoms with E-state index in [2.05, 4.69) is 55.4 Å². The molecule has 0 saturated heterocycles. The summed E-state index contributed by atoms with van der Waals surface area (Å²) in [5.74, 6) is 0.576. The molecule has 0 fully saturated rings. The maximum atomic E-state index is 10.6. The Labute approximate surface area is 163 Å². The van der Waals surface area contributed by atoms with E-state index in [-0.39, 0.29) is 17.6 Å². The molecule has 0 bridgehead atoms. The van der Waals surface area contributed by atoms with Gasteiger partial charge in [0.15, 0.2) is 0 Å². The van der Waals surface area contributed by atoms with E-state index in [1.807, 2.05) is 6.92 Å². The lowest BCUT2D eigenvalue weighted by Crippen LogP contribution is -2.27. The van der Waals surface area contributed by atoms with E-state index in [0.717, 1.165) is 25.4 Å². The van der Waals surface area contributed by atoms with Crippen LogP contribution in [-0.4, -0.2) is 30.8 Å². The van der Waals surface area contributed by atoms with Crippen LogP contribution in [0.1, 0.15) is 101 Å². The first-order valence-corrected chi connectivity index (χ1v) is 10.4. The number of ether oxygens (including phenoxy) is 2. The van der Waals surface area contributed by atoms with Gasteiger partial charge in [0.1, 0.15) is 0 Å². The van der Waals surface area contributed by atoms with Crippen LogP contribution in [0.4, 0.5) is 0 Å². The summed E-state index contributed by atoms with van der Waals surface area (Å²) in [6.45, 7) is 21.2. The van der Waals surface area contributed by atoms with Crippen molar-refractivity contribution in [1.29, 1.82) is 0 Å². The molecule has 0 saturated carbocycles. The molecule has 0 aliphatic heterocycles. The molecule has 0 rings (SSSR count). The predicted octanol–water partition coefficient (Wildman–Crippen LogP) is 5.72. The lowest BCUT2D eigenvalue weighted by Gasteiger charge is -2.25. The molecule has 4 heteroatoms. The van der Waals surface area contributed by atoms with Gasteiger partial charge in [0.25, 0.3) is 0 Å². The molecule has 1 amide bonds. The molecule has 1 atom stereocenters. The minimum atomic E-state index is -0.271. The Morgan fingerprint density at radius 2 is 1.62 bits per heavy atom. The first-order chi connectivity index (χ1) is 11.8. The zero-order chi connectivity index (χ0) is 20.8. The predicted molar refractivity (Wildman–Crippen MR) is 112 cm³/mol.